The summed E-state index contributed by atoms with van der Waals surface area (Å²) in [5.74, 6) is 1.62. The highest BCUT2D eigenvalue weighted by atomic mass is 127. The molecule has 1 aliphatic rings. The van der Waals surface area contributed by atoms with Gasteiger partial charge in [-0.1, -0.05) is 11.6 Å². The van der Waals surface area contributed by atoms with Crippen LogP contribution in [0.2, 0.25) is 5.02 Å². The largest absolute Gasteiger partial charge is 0.490 e. The average molecular weight is 531 g/mol. The van der Waals surface area contributed by atoms with Gasteiger partial charge < -0.3 is 25.8 Å². The number of rotatable bonds is 6. The van der Waals surface area contributed by atoms with Gasteiger partial charge in [-0.05, 0) is 42.8 Å². The van der Waals surface area contributed by atoms with Crippen LogP contribution in [0.4, 0.5) is 11.4 Å². The molecule has 0 saturated carbocycles. The van der Waals surface area contributed by atoms with Crippen molar-refractivity contribution in [2.75, 3.05) is 30.4 Å². The Balaban J connectivity index is 0.00000300. The summed E-state index contributed by atoms with van der Waals surface area (Å²) in [5, 5.41) is 6.47. The first-order valence-electron chi connectivity index (χ1n) is 9.12. The molecule has 0 spiro atoms. The number of benzene rings is 2. The topological polar surface area (TPSA) is 98.0 Å². The second kappa shape index (κ2) is 11.7. The van der Waals surface area contributed by atoms with E-state index in [4.69, 9.17) is 26.8 Å². The number of ether oxygens (including phenoxy) is 2. The number of nitrogens with one attached hydrogen (secondary N) is 2. The highest BCUT2D eigenvalue weighted by Gasteiger charge is 2.11. The fraction of sp³-hybridized carbons (Fsp3) is 0.300. The predicted octanol–water partition coefficient (Wildman–Crippen LogP) is 4.26. The standard InChI is InChI=1S/C20H23ClN4O3.HI/c21-14-4-6-15(7-5-14)24-19(26)3-1-10-23-20(22)25-16-8-9-17-18(13-16)28-12-2-11-27-17;/h4-9,13H,1-3,10-12H2,(H,24,26)(H3,22,23,25);1H. The van der Waals surface area contributed by atoms with E-state index in [2.05, 4.69) is 15.6 Å². The maximum atomic E-state index is 11.9. The van der Waals surface area contributed by atoms with E-state index in [9.17, 15) is 4.79 Å². The number of guanidine groups is 1. The van der Waals surface area contributed by atoms with Gasteiger partial charge in [-0.3, -0.25) is 9.79 Å². The molecule has 29 heavy (non-hydrogen) atoms. The van der Waals surface area contributed by atoms with Crippen LogP contribution in [-0.2, 0) is 4.79 Å². The molecule has 0 aliphatic carbocycles. The zero-order chi connectivity index (χ0) is 19.8. The molecule has 1 amide bonds. The number of amides is 1. The van der Waals surface area contributed by atoms with Gasteiger partial charge in [0, 0.05) is 41.9 Å². The average Bonchev–Trinajstić information content (AvgIpc) is 2.92. The van der Waals surface area contributed by atoms with Crippen molar-refractivity contribution >= 4 is 58.8 Å². The third kappa shape index (κ3) is 7.62. The van der Waals surface area contributed by atoms with E-state index in [1.54, 1.807) is 24.3 Å². The summed E-state index contributed by atoms with van der Waals surface area (Å²) < 4.78 is 11.3. The van der Waals surface area contributed by atoms with Crippen LogP contribution >= 0.6 is 35.6 Å². The number of anilines is 2. The summed E-state index contributed by atoms with van der Waals surface area (Å²) in [4.78, 5) is 16.2. The highest BCUT2D eigenvalue weighted by Crippen LogP contribution is 2.32. The van der Waals surface area contributed by atoms with Crippen molar-refractivity contribution in [1.29, 1.82) is 0 Å². The predicted molar refractivity (Wildman–Crippen MR) is 127 cm³/mol. The summed E-state index contributed by atoms with van der Waals surface area (Å²) in [6, 6.07) is 12.5. The lowest BCUT2D eigenvalue weighted by Crippen LogP contribution is -2.23. The Morgan fingerprint density at radius 3 is 2.48 bits per heavy atom. The Hall–Kier alpha value is -2.20. The minimum atomic E-state index is -0.0769. The quantitative estimate of drug-likeness (QED) is 0.224. The van der Waals surface area contributed by atoms with Crippen LogP contribution in [0.3, 0.4) is 0 Å². The lowest BCUT2D eigenvalue weighted by molar-refractivity contribution is -0.116. The first kappa shape index (κ1) is 23.1. The van der Waals surface area contributed by atoms with Crippen LogP contribution in [0.15, 0.2) is 47.5 Å². The molecule has 3 rings (SSSR count). The van der Waals surface area contributed by atoms with Crippen LogP contribution < -0.4 is 25.8 Å². The Labute approximate surface area is 192 Å². The third-order valence-corrected chi connectivity index (χ3v) is 4.24. The monoisotopic (exact) mass is 530 g/mol. The molecular formula is C20H24ClIN4O3. The molecular weight excluding hydrogens is 507 g/mol. The number of carbonyl (C=O) groups excluding carboxylic acids is 1. The van der Waals surface area contributed by atoms with E-state index >= 15 is 0 Å². The molecule has 156 valence electrons. The van der Waals surface area contributed by atoms with Crippen LogP contribution in [0, 0.1) is 0 Å². The number of hydrogen-bond donors (Lipinski definition) is 3. The van der Waals surface area contributed by atoms with Gasteiger partial charge in [-0.15, -0.1) is 24.0 Å². The van der Waals surface area contributed by atoms with Crippen LogP contribution in [0.1, 0.15) is 19.3 Å². The maximum Gasteiger partial charge on any atom is 0.224 e. The van der Waals surface area contributed by atoms with Crippen molar-refractivity contribution in [2.24, 2.45) is 10.7 Å². The van der Waals surface area contributed by atoms with Gasteiger partial charge in [-0.2, -0.15) is 0 Å². The van der Waals surface area contributed by atoms with Gasteiger partial charge in [0.2, 0.25) is 5.91 Å². The zero-order valence-corrected chi connectivity index (χ0v) is 18.9. The fourth-order valence-electron chi connectivity index (χ4n) is 2.62. The second-order valence-corrected chi connectivity index (χ2v) is 6.70. The molecule has 2 aromatic carbocycles. The molecule has 0 atom stereocenters. The summed E-state index contributed by atoms with van der Waals surface area (Å²) in [7, 11) is 0. The van der Waals surface area contributed by atoms with E-state index in [-0.39, 0.29) is 35.8 Å². The molecule has 0 saturated heterocycles. The van der Waals surface area contributed by atoms with E-state index in [1.807, 2.05) is 18.2 Å². The molecule has 9 heteroatoms. The Bertz CT molecular complexity index is 846. The minimum Gasteiger partial charge on any atom is -0.490 e. The molecule has 0 unspecified atom stereocenters. The number of halogens is 2. The fourth-order valence-corrected chi connectivity index (χ4v) is 2.75. The third-order valence-electron chi connectivity index (χ3n) is 3.99. The number of carbonyl (C=O) groups is 1. The Kier molecular flexibility index (Phi) is 9.33. The molecule has 0 radical (unpaired) electrons. The van der Waals surface area contributed by atoms with Crippen LogP contribution in [-0.4, -0.2) is 31.6 Å². The van der Waals surface area contributed by atoms with Crippen LogP contribution in [0.25, 0.3) is 0 Å². The van der Waals surface area contributed by atoms with E-state index in [0.717, 1.165) is 17.9 Å². The van der Waals surface area contributed by atoms with Crippen molar-refractivity contribution < 1.29 is 14.3 Å². The van der Waals surface area contributed by atoms with Crippen molar-refractivity contribution in [3.05, 3.63) is 47.5 Å². The van der Waals surface area contributed by atoms with E-state index in [0.29, 0.717) is 49.1 Å². The molecule has 2 aromatic rings. The summed E-state index contributed by atoms with van der Waals surface area (Å²) in [6.45, 7) is 1.71. The van der Waals surface area contributed by atoms with Crippen molar-refractivity contribution in [3.8, 4) is 11.5 Å². The van der Waals surface area contributed by atoms with Gasteiger partial charge >= 0.3 is 0 Å². The molecule has 0 aromatic heterocycles. The number of hydrogen-bond acceptors (Lipinski definition) is 4. The van der Waals surface area contributed by atoms with Gasteiger partial charge in [0.15, 0.2) is 17.5 Å². The summed E-state index contributed by atoms with van der Waals surface area (Å²) >= 11 is 5.82. The lowest BCUT2D eigenvalue weighted by atomic mass is 10.2. The number of nitrogens with zero attached hydrogens (tertiary/aromatic N) is 1. The first-order valence-corrected chi connectivity index (χ1v) is 9.50. The van der Waals surface area contributed by atoms with Crippen molar-refractivity contribution in [3.63, 3.8) is 0 Å². The Morgan fingerprint density at radius 2 is 1.72 bits per heavy atom. The van der Waals surface area contributed by atoms with Crippen LogP contribution in [0.5, 0.6) is 11.5 Å². The van der Waals surface area contributed by atoms with Gasteiger partial charge in [0.1, 0.15) is 0 Å². The van der Waals surface area contributed by atoms with E-state index in [1.165, 1.54) is 0 Å². The Morgan fingerprint density at radius 1 is 1.03 bits per heavy atom. The van der Waals surface area contributed by atoms with Gasteiger partial charge in [0.25, 0.3) is 0 Å². The highest BCUT2D eigenvalue weighted by molar-refractivity contribution is 14.0. The van der Waals surface area contributed by atoms with Crippen molar-refractivity contribution in [2.45, 2.75) is 19.3 Å². The molecule has 4 N–H and O–H groups in total. The normalized spacial score (nSPS) is 13.1. The number of nitrogens with two attached hydrogens (primary N) is 1. The second-order valence-electron chi connectivity index (χ2n) is 6.26. The molecule has 7 nitrogen and oxygen atoms in total. The smallest absolute Gasteiger partial charge is 0.224 e. The minimum absolute atomic E-state index is 0. The first-order chi connectivity index (χ1) is 13.6. The summed E-state index contributed by atoms with van der Waals surface area (Å²) in [6.07, 6.45) is 1.79. The maximum absolute atomic E-state index is 11.9. The van der Waals surface area contributed by atoms with Gasteiger partial charge in [-0.25, -0.2) is 0 Å². The van der Waals surface area contributed by atoms with Crippen molar-refractivity contribution in [1.82, 2.24) is 0 Å². The SMILES string of the molecule is I.NC(=NCCCC(=O)Nc1ccc(Cl)cc1)Nc1ccc2c(c1)OCCCO2. The molecule has 1 aliphatic heterocycles. The van der Waals surface area contributed by atoms with Gasteiger partial charge in [0.05, 0.1) is 13.2 Å². The lowest BCUT2D eigenvalue weighted by Gasteiger charge is -2.10. The summed E-state index contributed by atoms with van der Waals surface area (Å²) in [5.41, 5.74) is 7.41. The van der Waals surface area contributed by atoms with E-state index < -0.39 is 0 Å². The number of aliphatic imine (C=N–C) groups is 1. The zero-order valence-electron chi connectivity index (χ0n) is 15.8. The molecule has 0 fully saturated rings. The molecule has 0 bridgehead atoms. The molecule has 1 heterocycles. The number of fused-ring (bicyclic) bond motifs is 1.